The van der Waals surface area contributed by atoms with Crippen molar-refractivity contribution in [2.24, 2.45) is 5.73 Å². The second kappa shape index (κ2) is 6.36. The number of amides is 2. The molecule has 1 aromatic rings. The number of carbonyl (C=O) groups is 2. The minimum absolute atomic E-state index is 0.129. The molecule has 0 aliphatic carbocycles. The zero-order valence-corrected chi connectivity index (χ0v) is 12.4. The predicted octanol–water partition coefficient (Wildman–Crippen LogP) is 1.24. The highest BCUT2D eigenvalue weighted by atomic mass is 16.2. The molecule has 1 rings (SSSR count). The number of anilines is 1. The number of pyridine rings is 1. The number of carbonyl (C=O) groups excluding carboxylic acids is 2. The topological polar surface area (TPSA) is 88.3 Å². The Morgan fingerprint density at radius 1 is 1.35 bits per heavy atom. The van der Waals surface area contributed by atoms with Crippen molar-refractivity contribution in [2.45, 2.75) is 33.2 Å². The number of aromatic nitrogens is 1. The molecule has 0 radical (unpaired) electrons. The van der Waals surface area contributed by atoms with E-state index in [1.54, 1.807) is 30.9 Å². The zero-order valence-electron chi connectivity index (χ0n) is 12.4. The molecule has 0 atom stereocenters. The average Bonchev–Trinajstić information content (AvgIpc) is 2.39. The van der Waals surface area contributed by atoms with Crippen LogP contribution in [0.1, 0.15) is 38.2 Å². The maximum absolute atomic E-state index is 12.2. The fourth-order valence-electron chi connectivity index (χ4n) is 1.72. The van der Waals surface area contributed by atoms with Gasteiger partial charge in [-0.25, -0.2) is 0 Å². The molecule has 1 heterocycles. The Morgan fingerprint density at radius 3 is 2.45 bits per heavy atom. The summed E-state index contributed by atoms with van der Waals surface area (Å²) in [5.74, 6) is -0.596. The molecule has 110 valence electrons. The summed E-state index contributed by atoms with van der Waals surface area (Å²) in [7, 11) is 0. The van der Waals surface area contributed by atoms with Crippen LogP contribution in [0.15, 0.2) is 18.3 Å². The van der Waals surface area contributed by atoms with Crippen molar-refractivity contribution < 1.29 is 9.59 Å². The summed E-state index contributed by atoms with van der Waals surface area (Å²) in [4.78, 5) is 29.3. The Labute approximate surface area is 119 Å². The largest absolute Gasteiger partial charge is 0.372 e. The molecule has 0 saturated heterocycles. The Hall–Kier alpha value is -2.11. The molecule has 1 aromatic heterocycles. The van der Waals surface area contributed by atoms with E-state index in [0.29, 0.717) is 24.5 Å². The second-order valence-corrected chi connectivity index (χ2v) is 5.02. The second-order valence-electron chi connectivity index (χ2n) is 5.02. The lowest BCUT2D eigenvalue weighted by molar-refractivity contribution is -0.121. The fourth-order valence-corrected chi connectivity index (χ4v) is 1.72. The van der Waals surface area contributed by atoms with Gasteiger partial charge in [-0.1, -0.05) is 0 Å². The molecule has 2 amide bonds. The van der Waals surface area contributed by atoms with Crippen molar-refractivity contribution in [1.82, 2.24) is 9.88 Å². The molecule has 0 bridgehead atoms. The SMILES string of the molecule is CCN(CC)C(=O)c1cc(NC(C)(C)C(N)=O)ccn1. The fraction of sp³-hybridized carbons (Fsp3) is 0.500. The van der Waals surface area contributed by atoms with E-state index in [9.17, 15) is 9.59 Å². The van der Waals surface area contributed by atoms with Crippen molar-refractivity contribution in [1.29, 1.82) is 0 Å². The molecule has 0 fully saturated rings. The van der Waals surface area contributed by atoms with Crippen molar-refractivity contribution in [2.75, 3.05) is 18.4 Å². The summed E-state index contributed by atoms with van der Waals surface area (Å²) in [6.07, 6.45) is 1.54. The van der Waals surface area contributed by atoms with E-state index in [1.165, 1.54) is 6.20 Å². The van der Waals surface area contributed by atoms with Crippen LogP contribution in [0.5, 0.6) is 0 Å². The van der Waals surface area contributed by atoms with Crippen molar-refractivity contribution in [3.05, 3.63) is 24.0 Å². The van der Waals surface area contributed by atoms with Gasteiger partial charge in [0, 0.05) is 25.0 Å². The van der Waals surface area contributed by atoms with E-state index in [4.69, 9.17) is 5.73 Å². The summed E-state index contributed by atoms with van der Waals surface area (Å²) < 4.78 is 0. The van der Waals surface area contributed by atoms with Crippen LogP contribution in [0.25, 0.3) is 0 Å². The first-order valence-electron chi connectivity index (χ1n) is 6.65. The molecule has 3 N–H and O–H groups in total. The van der Waals surface area contributed by atoms with Gasteiger partial charge in [0.1, 0.15) is 11.2 Å². The summed E-state index contributed by atoms with van der Waals surface area (Å²) in [6.45, 7) is 8.45. The highest BCUT2D eigenvalue weighted by Gasteiger charge is 2.25. The van der Waals surface area contributed by atoms with Gasteiger partial charge in [0.25, 0.3) is 5.91 Å². The van der Waals surface area contributed by atoms with Crippen LogP contribution in [0, 0.1) is 0 Å². The molecule has 0 spiro atoms. The molecule has 6 nitrogen and oxygen atoms in total. The molecule has 0 saturated carbocycles. The molecule has 0 unspecified atom stereocenters. The van der Waals surface area contributed by atoms with Gasteiger partial charge >= 0.3 is 0 Å². The summed E-state index contributed by atoms with van der Waals surface area (Å²) in [5.41, 5.74) is 5.41. The Bertz CT molecular complexity index is 496. The van der Waals surface area contributed by atoms with Crippen LogP contribution in [-0.4, -0.2) is 40.3 Å². The molecular formula is C14H22N4O2. The summed E-state index contributed by atoms with van der Waals surface area (Å²) in [5, 5.41) is 3.00. The standard InChI is InChI=1S/C14H22N4O2/c1-5-18(6-2)12(19)11-9-10(7-8-16-11)17-14(3,4)13(15)20/h7-9H,5-6H2,1-4H3,(H2,15,20)(H,16,17). The van der Waals surface area contributed by atoms with Gasteiger partial charge in [0.05, 0.1) is 0 Å². The third-order valence-corrected chi connectivity index (χ3v) is 3.10. The number of hydrogen-bond acceptors (Lipinski definition) is 4. The number of nitrogens with one attached hydrogen (secondary N) is 1. The monoisotopic (exact) mass is 278 g/mol. The van der Waals surface area contributed by atoms with E-state index in [-0.39, 0.29) is 5.91 Å². The number of rotatable bonds is 6. The van der Waals surface area contributed by atoms with Crippen molar-refractivity contribution in [3.63, 3.8) is 0 Å². The van der Waals surface area contributed by atoms with E-state index >= 15 is 0 Å². The van der Waals surface area contributed by atoms with E-state index in [1.807, 2.05) is 13.8 Å². The van der Waals surface area contributed by atoms with Gasteiger partial charge in [-0.15, -0.1) is 0 Å². The predicted molar refractivity (Wildman–Crippen MR) is 78.4 cm³/mol. The Morgan fingerprint density at radius 2 is 1.95 bits per heavy atom. The van der Waals surface area contributed by atoms with Crippen molar-refractivity contribution in [3.8, 4) is 0 Å². The van der Waals surface area contributed by atoms with Crippen LogP contribution >= 0.6 is 0 Å². The van der Waals surface area contributed by atoms with Gasteiger partial charge in [-0.2, -0.15) is 0 Å². The minimum Gasteiger partial charge on any atom is -0.372 e. The molecule has 0 aliphatic heterocycles. The first-order chi connectivity index (χ1) is 9.31. The zero-order chi connectivity index (χ0) is 15.3. The van der Waals surface area contributed by atoms with Crippen LogP contribution < -0.4 is 11.1 Å². The molecule has 0 aromatic carbocycles. The quantitative estimate of drug-likeness (QED) is 0.819. The Balaban J connectivity index is 2.97. The molecule has 20 heavy (non-hydrogen) atoms. The number of primary amides is 1. The number of nitrogens with two attached hydrogens (primary N) is 1. The normalized spacial score (nSPS) is 11.0. The van der Waals surface area contributed by atoms with Crippen LogP contribution in [-0.2, 0) is 4.79 Å². The lowest BCUT2D eigenvalue weighted by atomic mass is 10.0. The minimum atomic E-state index is -0.892. The molecule has 0 aliphatic rings. The van der Waals surface area contributed by atoms with Gasteiger partial charge in [-0.3, -0.25) is 14.6 Å². The van der Waals surface area contributed by atoms with Gasteiger partial charge in [-0.05, 0) is 39.8 Å². The highest BCUT2D eigenvalue weighted by Crippen LogP contribution is 2.16. The van der Waals surface area contributed by atoms with Gasteiger partial charge in [0.15, 0.2) is 0 Å². The lowest BCUT2D eigenvalue weighted by Crippen LogP contribution is -2.45. The highest BCUT2D eigenvalue weighted by molar-refractivity contribution is 5.93. The first kappa shape index (κ1) is 15.9. The number of hydrogen-bond donors (Lipinski definition) is 2. The van der Waals surface area contributed by atoms with E-state index in [2.05, 4.69) is 10.3 Å². The lowest BCUT2D eigenvalue weighted by Gasteiger charge is -2.24. The van der Waals surface area contributed by atoms with Gasteiger partial charge < -0.3 is 16.0 Å². The average molecular weight is 278 g/mol. The number of nitrogens with zero attached hydrogens (tertiary/aromatic N) is 2. The maximum Gasteiger partial charge on any atom is 0.272 e. The first-order valence-corrected chi connectivity index (χ1v) is 6.65. The smallest absolute Gasteiger partial charge is 0.272 e. The van der Waals surface area contributed by atoms with Crippen LogP contribution in [0.2, 0.25) is 0 Å². The van der Waals surface area contributed by atoms with Gasteiger partial charge in [0.2, 0.25) is 5.91 Å². The van der Waals surface area contributed by atoms with E-state index < -0.39 is 11.4 Å². The summed E-state index contributed by atoms with van der Waals surface area (Å²) >= 11 is 0. The maximum atomic E-state index is 12.2. The van der Waals surface area contributed by atoms with Crippen LogP contribution in [0.3, 0.4) is 0 Å². The molecular weight excluding hydrogens is 256 g/mol. The van der Waals surface area contributed by atoms with E-state index in [0.717, 1.165) is 0 Å². The molecule has 6 heteroatoms. The summed E-state index contributed by atoms with van der Waals surface area (Å²) in [6, 6.07) is 3.33. The van der Waals surface area contributed by atoms with Crippen molar-refractivity contribution >= 4 is 17.5 Å². The van der Waals surface area contributed by atoms with Crippen LogP contribution in [0.4, 0.5) is 5.69 Å². The third-order valence-electron chi connectivity index (χ3n) is 3.10. The third kappa shape index (κ3) is 3.69. The Kier molecular flexibility index (Phi) is 5.07.